The SMILES string of the molecule is CCC(CC)CS(=O)(=O)NC(=O)Cn1cnc2ccc(F)cc2c1=O. The molecule has 1 heterocycles. The maximum Gasteiger partial charge on any atom is 0.261 e. The number of halogens is 1. The van der Waals surface area contributed by atoms with Crippen LogP contribution in [0.3, 0.4) is 0 Å². The summed E-state index contributed by atoms with van der Waals surface area (Å²) in [5, 5.41) is 0.0233. The average molecular weight is 369 g/mol. The Morgan fingerprint density at radius 3 is 2.64 bits per heavy atom. The summed E-state index contributed by atoms with van der Waals surface area (Å²) in [7, 11) is -3.78. The van der Waals surface area contributed by atoms with Gasteiger partial charge in [0.2, 0.25) is 10.0 Å². The summed E-state index contributed by atoms with van der Waals surface area (Å²) in [5.41, 5.74) is -0.318. The van der Waals surface area contributed by atoms with Crippen molar-refractivity contribution in [2.24, 2.45) is 5.92 Å². The minimum absolute atomic E-state index is 0.0233. The Morgan fingerprint density at radius 2 is 2.00 bits per heavy atom. The van der Waals surface area contributed by atoms with Gasteiger partial charge in [0.05, 0.1) is 23.0 Å². The number of nitrogens with zero attached hydrogens (tertiary/aromatic N) is 2. The van der Waals surface area contributed by atoms with Crippen molar-refractivity contribution in [2.75, 3.05) is 5.75 Å². The summed E-state index contributed by atoms with van der Waals surface area (Å²) >= 11 is 0. The van der Waals surface area contributed by atoms with Crippen LogP contribution in [0.15, 0.2) is 29.3 Å². The third kappa shape index (κ3) is 4.85. The molecular weight excluding hydrogens is 349 g/mol. The lowest BCUT2D eigenvalue weighted by atomic mass is 10.1. The van der Waals surface area contributed by atoms with Gasteiger partial charge >= 0.3 is 0 Å². The quantitative estimate of drug-likeness (QED) is 0.796. The van der Waals surface area contributed by atoms with Crippen LogP contribution in [-0.2, 0) is 21.4 Å². The molecule has 1 aromatic carbocycles. The van der Waals surface area contributed by atoms with Gasteiger partial charge in [-0.1, -0.05) is 26.7 Å². The number of nitrogens with one attached hydrogen (secondary N) is 1. The van der Waals surface area contributed by atoms with E-state index in [-0.39, 0.29) is 17.1 Å². The number of rotatable bonds is 7. The van der Waals surface area contributed by atoms with E-state index in [9.17, 15) is 22.4 Å². The van der Waals surface area contributed by atoms with Crippen LogP contribution in [0.4, 0.5) is 4.39 Å². The molecule has 0 fully saturated rings. The van der Waals surface area contributed by atoms with E-state index in [4.69, 9.17) is 0 Å². The Balaban J connectivity index is 2.17. The molecule has 2 aromatic rings. The molecule has 0 aliphatic heterocycles. The first kappa shape index (κ1) is 19.0. The van der Waals surface area contributed by atoms with Crippen molar-refractivity contribution >= 4 is 26.8 Å². The van der Waals surface area contributed by atoms with Crippen molar-refractivity contribution in [3.63, 3.8) is 0 Å². The number of amides is 1. The molecule has 0 saturated carbocycles. The van der Waals surface area contributed by atoms with Gasteiger partial charge in [0, 0.05) is 0 Å². The molecule has 0 atom stereocenters. The Labute approximate surface area is 144 Å². The molecule has 0 aliphatic rings. The normalized spacial score (nSPS) is 11.8. The zero-order valence-electron chi connectivity index (χ0n) is 14.0. The van der Waals surface area contributed by atoms with Crippen LogP contribution >= 0.6 is 0 Å². The number of fused-ring (bicyclic) bond motifs is 1. The minimum Gasteiger partial charge on any atom is -0.289 e. The molecular formula is C16H20FN3O4S. The number of aromatic nitrogens is 2. The molecule has 0 bridgehead atoms. The maximum atomic E-state index is 13.3. The third-order valence-corrected chi connectivity index (χ3v) is 5.43. The summed E-state index contributed by atoms with van der Waals surface area (Å²) in [5.74, 6) is -1.63. The van der Waals surface area contributed by atoms with Crippen LogP contribution in [0.25, 0.3) is 10.9 Å². The van der Waals surface area contributed by atoms with E-state index in [2.05, 4.69) is 4.98 Å². The second-order valence-electron chi connectivity index (χ2n) is 5.83. The fourth-order valence-electron chi connectivity index (χ4n) is 2.48. The number of carbonyl (C=O) groups excluding carboxylic acids is 1. The molecule has 0 saturated heterocycles. The molecule has 1 aromatic heterocycles. The number of hydrogen-bond donors (Lipinski definition) is 1. The van der Waals surface area contributed by atoms with Gasteiger partial charge in [-0.15, -0.1) is 0 Å². The number of carbonyl (C=O) groups is 1. The molecule has 7 nitrogen and oxygen atoms in total. The second-order valence-corrected chi connectivity index (χ2v) is 7.60. The minimum atomic E-state index is -3.78. The molecule has 136 valence electrons. The molecule has 25 heavy (non-hydrogen) atoms. The van der Waals surface area contributed by atoms with E-state index in [1.165, 1.54) is 12.1 Å². The lowest BCUT2D eigenvalue weighted by Crippen LogP contribution is -2.38. The predicted molar refractivity (Wildman–Crippen MR) is 92.0 cm³/mol. The highest BCUT2D eigenvalue weighted by Gasteiger charge is 2.20. The lowest BCUT2D eigenvalue weighted by molar-refractivity contribution is -0.119. The van der Waals surface area contributed by atoms with Gasteiger partial charge in [0.15, 0.2) is 0 Å². The maximum absolute atomic E-state index is 13.3. The van der Waals surface area contributed by atoms with Crippen LogP contribution < -0.4 is 10.3 Å². The summed E-state index contributed by atoms with van der Waals surface area (Å²) < 4.78 is 40.2. The van der Waals surface area contributed by atoms with E-state index >= 15 is 0 Å². The second kappa shape index (κ2) is 7.73. The first-order valence-corrected chi connectivity index (χ1v) is 9.59. The first-order valence-electron chi connectivity index (χ1n) is 7.93. The van der Waals surface area contributed by atoms with Gasteiger partial charge in [0.25, 0.3) is 11.5 Å². The fraction of sp³-hybridized carbons (Fsp3) is 0.438. The highest BCUT2D eigenvalue weighted by molar-refractivity contribution is 7.90. The number of benzene rings is 1. The zero-order chi connectivity index (χ0) is 18.6. The molecule has 0 radical (unpaired) electrons. The molecule has 2 rings (SSSR count). The zero-order valence-corrected chi connectivity index (χ0v) is 14.8. The Kier molecular flexibility index (Phi) is 5.89. The van der Waals surface area contributed by atoms with E-state index in [0.717, 1.165) is 17.0 Å². The van der Waals surface area contributed by atoms with Gasteiger partial charge in [-0.2, -0.15) is 0 Å². The van der Waals surface area contributed by atoms with Crippen LogP contribution in [0, 0.1) is 11.7 Å². The number of sulfonamides is 1. The van der Waals surface area contributed by atoms with Crippen LogP contribution in [0.5, 0.6) is 0 Å². The largest absolute Gasteiger partial charge is 0.289 e. The van der Waals surface area contributed by atoms with Gasteiger partial charge in [-0.05, 0) is 24.1 Å². The van der Waals surface area contributed by atoms with Crippen molar-refractivity contribution in [2.45, 2.75) is 33.2 Å². The van der Waals surface area contributed by atoms with Crippen molar-refractivity contribution < 1.29 is 17.6 Å². The van der Waals surface area contributed by atoms with E-state index < -0.39 is 33.9 Å². The smallest absolute Gasteiger partial charge is 0.261 e. The fourth-order valence-corrected chi connectivity index (χ4v) is 4.07. The summed E-state index contributed by atoms with van der Waals surface area (Å²) in [4.78, 5) is 28.2. The number of hydrogen-bond acceptors (Lipinski definition) is 5. The average Bonchev–Trinajstić information content (AvgIpc) is 2.55. The Morgan fingerprint density at radius 1 is 1.32 bits per heavy atom. The van der Waals surface area contributed by atoms with Gasteiger partial charge in [-0.3, -0.25) is 18.9 Å². The molecule has 9 heteroatoms. The van der Waals surface area contributed by atoms with Gasteiger partial charge in [0.1, 0.15) is 12.4 Å². The summed E-state index contributed by atoms with van der Waals surface area (Å²) in [6.07, 6.45) is 2.51. The van der Waals surface area contributed by atoms with E-state index in [1.807, 2.05) is 18.6 Å². The monoisotopic (exact) mass is 369 g/mol. The standard InChI is InChI=1S/C16H20FN3O4S/c1-3-11(4-2)9-25(23,24)19-15(21)8-20-10-18-14-6-5-12(17)7-13(14)16(20)22/h5-7,10-11H,3-4,8-9H2,1-2H3,(H,19,21). The molecule has 1 amide bonds. The van der Waals surface area contributed by atoms with Gasteiger partial charge in [-0.25, -0.2) is 17.8 Å². The topological polar surface area (TPSA) is 98.1 Å². The van der Waals surface area contributed by atoms with E-state index in [0.29, 0.717) is 18.4 Å². The van der Waals surface area contributed by atoms with Crippen molar-refractivity contribution in [1.82, 2.24) is 14.3 Å². The van der Waals surface area contributed by atoms with Gasteiger partial charge < -0.3 is 0 Å². The van der Waals surface area contributed by atoms with Crippen molar-refractivity contribution in [3.05, 3.63) is 40.7 Å². The predicted octanol–water partition coefficient (Wildman–Crippen LogP) is 1.42. The highest BCUT2D eigenvalue weighted by Crippen LogP contribution is 2.10. The summed E-state index contributed by atoms with van der Waals surface area (Å²) in [6, 6.07) is 3.57. The Bertz CT molecular complexity index is 936. The van der Waals surface area contributed by atoms with Crippen LogP contribution in [-0.4, -0.2) is 29.6 Å². The Hall–Kier alpha value is -2.29. The summed E-state index contributed by atoms with van der Waals surface area (Å²) in [6.45, 7) is 3.25. The molecule has 0 aliphatic carbocycles. The molecule has 0 unspecified atom stereocenters. The van der Waals surface area contributed by atoms with Crippen LogP contribution in [0.1, 0.15) is 26.7 Å². The van der Waals surface area contributed by atoms with E-state index in [1.54, 1.807) is 0 Å². The lowest BCUT2D eigenvalue weighted by Gasteiger charge is -2.13. The third-order valence-electron chi connectivity index (χ3n) is 3.98. The van der Waals surface area contributed by atoms with Crippen molar-refractivity contribution in [1.29, 1.82) is 0 Å². The van der Waals surface area contributed by atoms with Crippen LogP contribution in [0.2, 0.25) is 0 Å². The molecule has 1 N–H and O–H groups in total. The molecule has 0 spiro atoms. The first-order chi connectivity index (χ1) is 11.8. The van der Waals surface area contributed by atoms with Crippen molar-refractivity contribution in [3.8, 4) is 0 Å². The highest BCUT2D eigenvalue weighted by atomic mass is 32.2.